The first-order valence-corrected chi connectivity index (χ1v) is 7.14. The molecule has 20 heavy (non-hydrogen) atoms. The molecule has 0 fully saturated rings. The summed E-state index contributed by atoms with van der Waals surface area (Å²) in [6, 6.07) is 15.2. The van der Waals surface area contributed by atoms with Gasteiger partial charge in [-0.3, -0.25) is 4.79 Å². The molecule has 2 nitrogen and oxygen atoms in total. The van der Waals surface area contributed by atoms with Crippen molar-refractivity contribution in [2.24, 2.45) is 0 Å². The van der Waals surface area contributed by atoms with Gasteiger partial charge in [0, 0.05) is 5.56 Å². The number of hydrogen-bond acceptors (Lipinski definition) is 2. The van der Waals surface area contributed by atoms with Crippen LogP contribution in [0.3, 0.4) is 0 Å². The number of carbonyl (C=O) groups excluding carboxylic acids is 1. The zero-order chi connectivity index (χ0) is 14.2. The van der Waals surface area contributed by atoms with E-state index in [2.05, 4.69) is 6.92 Å². The number of hydrogen-bond donors (Lipinski definition) is 1. The Morgan fingerprint density at radius 2 is 1.55 bits per heavy atom. The summed E-state index contributed by atoms with van der Waals surface area (Å²) in [7, 11) is 0. The monoisotopic (exact) mass is 266 g/mol. The molecule has 0 bridgehead atoms. The summed E-state index contributed by atoms with van der Waals surface area (Å²) in [4.78, 5) is 12.8. The van der Waals surface area contributed by atoms with Gasteiger partial charge in [0.1, 0.15) is 0 Å². The van der Waals surface area contributed by atoms with E-state index >= 15 is 0 Å². The minimum absolute atomic E-state index is 0.166. The van der Waals surface area contributed by atoms with Crippen molar-refractivity contribution in [2.75, 3.05) is 0 Å². The predicted molar refractivity (Wildman–Crippen MR) is 79.6 cm³/mol. The van der Waals surface area contributed by atoms with Crippen molar-refractivity contribution >= 4 is 5.78 Å². The third-order valence-electron chi connectivity index (χ3n) is 4.10. The van der Waals surface area contributed by atoms with E-state index in [9.17, 15) is 9.90 Å². The largest absolute Gasteiger partial charge is 0.377 e. The fraction of sp³-hybridized carbons (Fsp3) is 0.278. The molecule has 1 aliphatic rings. The molecule has 2 aromatic carbocycles. The first-order valence-electron chi connectivity index (χ1n) is 7.14. The number of Topliss-reactive ketones (excluding diaryl/α,β-unsaturated/α-hetero) is 1. The Kier molecular flexibility index (Phi) is 3.19. The van der Waals surface area contributed by atoms with E-state index in [1.54, 1.807) is 0 Å². The van der Waals surface area contributed by atoms with Crippen molar-refractivity contribution < 1.29 is 9.90 Å². The molecule has 0 aliphatic heterocycles. The highest BCUT2D eigenvalue weighted by molar-refractivity contribution is 6.11. The van der Waals surface area contributed by atoms with Crippen LogP contribution in [0.25, 0.3) is 11.1 Å². The molecule has 1 atom stereocenters. The van der Waals surface area contributed by atoms with Crippen LogP contribution >= 0.6 is 0 Å². The number of carbonyl (C=O) groups is 1. The topological polar surface area (TPSA) is 37.3 Å². The number of ketones is 1. The van der Waals surface area contributed by atoms with E-state index in [1.807, 2.05) is 48.5 Å². The summed E-state index contributed by atoms with van der Waals surface area (Å²) in [6.07, 6.45) is 2.27. The fourth-order valence-electron chi connectivity index (χ4n) is 3.02. The highest BCUT2D eigenvalue weighted by atomic mass is 16.3. The van der Waals surface area contributed by atoms with E-state index < -0.39 is 5.60 Å². The molecule has 102 valence electrons. The maximum Gasteiger partial charge on any atom is 0.199 e. The lowest BCUT2D eigenvalue weighted by Crippen LogP contribution is -2.39. The van der Waals surface area contributed by atoms with Gasteiger partial charge in [-0.1, -0.05) is 68.3 Å². The van der Waals surface area contributed by atoms with E-state index in [4.69, 9.17) is 0 Å². The summed E-state index contributed by atoms with van der Waals surface area (Å²) >= 11 is 0. The zero-order valence-corrected chi connectivity index (χ0v) is 11.6. The van der Waals surface area contributed by atoms with Gasteiger partial charge in [-0.15, -0.1) is 0 Å². The van der Waals surface area contributed by atoms with Crippen LogP contribution in [-0.4, -0.2) is 10.9 Å². The van der Waals surface area contributed by atoms with E-state index in [0.717, 1.165) is 29.5 Å². The quantitative estimate of drug-likeness (QED) is 0.914. The first kappa shape index (κ1) is 13.1. The van der Waals surface area contributed by atoms with Crippen LogP contribution in [0.2, 0.25) is 0 Å². The summed E-state index contributed by atoms with van der Waals surface area (Å²) in [5, 5.41) is 11.0. The number of benzene rings is 2. The molecule has 1 unspecified atom stereocenters. The second kappa shape index (κ2) is 4.88. The third-order valence-corrected chi connectivity index (χ3v) is 4.10. The number of rotatable bonds is 3. The zero-order valence-electron chi connectivity index (χ0n) is 11.6. The Hall–Kier alpha value is -1.93. The Balaban J connectivity index is 2.23. The Labute approximate surface area is 119 Å². The average Bonchev–Trinajstić information content (AvgIpc) is 2.51. The molecular formula is C18H18O2. The van der Waals surface area contributed by atoms with Gasteiger partial charge in [0.15, 0.2) is 11.4 Å². The van der Waals surface area contributed by atoms with Crippen molar-refractivity contribution in [1.82, 2.24) is 0 Å². The predicted octanol–water partition coefficient (Wildman–Crippen LogP) is 3.93. The Morgan fingerprint density at radius 3 is 2.25 bits per heavy atom. The summed E-state index contributed by atoms with van der Waals surface area (Å²) in [5.41, 5.74) is 1.90. The van der Waals surface area contributed by atoms with Crippen molar-refractivity contribution in [3.63, 3.8) is 0 Å². The second-order valence-electron chi connectivity index (χ2n) is 5.38. The van der Waals surface area contributed by atoms with Gasteiger partial charge >= 0.3 is 0 Å². The fourth-order valence-corrected chi connectivity index (χ4v) is 3.02. The molecule has 1 aliphatic carbocycles. The lowest BCUT2D eigenvalue weighted by Gasteiger charge is -2.34. The number of fused-ring (bicyclic) bond motifs is 3. The molecule has 2 heteroatoms. The highest BCUT2D eigenvalue weighted by Crippen LogP contribution is 2.43. The van der Waals surface area contributed by atoms with Crippen molar-refractivity contribution in [3.8, 4) is 11.1 Å². The van der Waals surface area contributed by atoms with Crippen LogP contribution in [0.4, 0.5) is 0 Å². The maximum atomic E-state index is 12.8. The molecule has 2 aromatic rings. The van der Waals surface area contributed by atoms with Gasteiger partial charge in [0.2, 0.25) is 0 Å². The van der Waals surface area contributed by atoms with Crippen LogP contribution < -0.4 is 0 Å². The summed E-state index contributed by atoms with van der Waals surface area (Å²) in [5.74, 6) is -0.166. The molecule has 3 rings (SSSR count). The van der Waals surface area contributed by atoms with Gasteiger partial charge in [0.25, 0.3) is 0 Å². The minimum atomic E-state index is -1.37. The van der Waals surface area contributed by atoms with Crippen molar-refractivity contribution in [1.29, 1.82) is 0 Å². The number of unbranched alkanes of at least 4 members (excludes halogenated alkanes) is 1. The van der Waals surface area contributed by atoms with Crippen LogP contribution in [-0.2, 0) is 5.60 Å². The van der Waals surface area contributed by atoms with Crippen LogP contribution in [0.1, 0.15) is 42.1 Å². The normalized spacial score (nSPS) is 20.4. The molecule has 0 amide bonds. The van der Waals surface area contributed by atoms with Crippen molar-refractivity contribution in [3.05, 3.63) is 59.7 Å². The van der Waals surface area contributed by atoms with Crippen LogP contribution in [0.15, 0.2) is 48.5 Å². The molecule has 0 aromatic heterocycles. The average molecular weight is 266 g/mol. The van der Waals surface area contributed by atoms with E-state index in [0.29, 0.717) is 12.0 Å². The smallest absolute Gasteiger partial charge is 0.199 e. The standard InChI is InChI=1S/C18H18O2/c1-2-3-12-18(20)16-11-7-6-9-14(16)13-8-4-5-10-15(13)17(18)19/h4-11,20H,2-3,12H2,1H3. The molecule has 1 N–H and O–H groups in total. The first-order chi connectivity index (χ1) is 9.68. The SMILES string of the molecule is CCCCC1(O)C(=O)c2ccccc2-c2ccccc21. The van der Waals surface area contributed by atoms with Crippen LogP contribution in [0, 0.1) is 0 Å². The second-order valence-corrected chi connectivity index (χ2v) is 5.38. The molecule has 0 radical (unpaired) electrons. The molecule has 0 saturated heterocycles. The highest BCUT2D eigenvalue weighted by Gasteiger charge is 2.43. The molecule has 0 heterocycles. The molecular weight excluding hydrogens is 248 g/mol. The third kappa shape index (κ3) is 1.80. The Bertz CT molecular complexity index is 660. The van der Waals surface area contributed by atoms with Crippen molar-refractivity contribution in [2.45, 2.75) is 31.8 Å². The minimum Gasteiger partial charge on any atom is -0.377 e. The summed E-state index contributed by atoms with van der Waals surface area (Å²) in [6.45, 7) is 2.07. The lowest BCUT2D eigenvalue weighted by atomic mass is 9.72. The van der Waals surface area contributed by atoms with Gasteiger partial charge in [0.05, 0.1) is 0 Å². The van der Waals surface area contributed by atoms with Gasteiger partial charge in [-0.25, -0.2) is 0 Å². The lowest BCUT2D eigenvalue weighted by molar-refractivity contribution is 0.0234. The molecule has 0 saturated carbocycles. The van der Waals surface area contributed by atoms with Gasteiger partial charge in [-0.2, -0.15) is 0 Å². The van der Waals surface area contributed by atoms with E-state index in [1.165, 1.54) is 0 Å². The van der Waals surface area contributed by atoms with Crippen LogP contribution in [0.5, 0.6) is 0 Å². The molecule has 0 spiro atoms. The van der Waals surface area contributed by atoms with E-state index in [-0.39, 0.29) is 5.78 Å². The van der Waals surface area contributed by atoms with Gasteiger partial charge < -0.3 is 5.11 Å². The number of aliphatic hydroxyl groups is 1. The maximum absolute atomic E-state index is 12.8. The Morgan fingerprint density at radius 1 is 0.950 bits per heavy atom. The van der Waals surface area contributed by atoms with Gasteiger partial charge in [-0.05, 0) is 23.1 Å². The summed E-state index contributed by atoms with van der Waals surface area (Å²) < 4.78 is 0.